The van der Waals surface area contributed by atoms with E-state index in [2.05, 4.69) is 10.6 Å². The molecule has 0 spiro atoms. The smallest absolute Gasteiger partial charge is 0.315 e. The first kappa shape index (κ1) is 14.9. The van der Waals surface area contributed by atoms with Crippen molar-refractivity contribution in [1.82, 2.24) is 10.6 Å². The molecule has 4 nitrogen and oxygen atoms in total. The third-order valence-corrected chi connectivity index (χ3v) is 5.48. The number of nitrogens with one attached hydrogen (secondary N) is 2. The molecule has 0 radical (unpaired) electrons. The average Bonchev–Trinajstić information content (AvgIpc) is 3.11. The van der Waals surface area contributed by atoms with Gasteiger partial charge in [0, 0.05) is 30.5 Å². The zero-order valence-electron chi connectivity index (χ0n) is 13.1. The lowest BCUT2D eigenvalue weighted by Gasteiger charge is -2.33. The lowest BCUT2D eigenvalue weighted by atomic mass is 9.82. The molecule has 0 unspecified atom stereocenters. The Balaban J connectivity index is 1.29. The maximum absolute atomic E-state index is 13.3. The van der Waals surface area contributed by atoms with Gasteiger partial charge in [-0.1, -0.05) is 12.1 Å². The maximum Gasteiger partial charge on any atom is 0.315 e. The van der Waals surface area contributed by atoms with Crippen molar-refractivity contribution >= 4 is 6.03 Å². The maximum atomic E-state index is 13.3. The molecule has 1 aromatic carbocycles. The van der Waals surface area contributed by atoms with E-state index >= 15 is 0 Å². The number of urea groups is 1. The Kier molecular flexibility index (Phi) is 3.97. The van der Waals surface area contributed by atoms with E-state index < -0.39 is 0 Å². The van der Waals surface area contributed by atoms with E-state index in [0.717, 1.165) is 44.3 Å². The normalized spacial score (nSPS) is 35.4. The first-order chi connectivity index (χ1) is 11.2. The quantitative estimate of drug-likeness (QED) is 0.900. The molecule has 1 heterocycles. The van der Waals surface area contributed by atoms with Crippen LogP contribution in [0.3, 0.4) is 0 Å². The van der Waals surface area contributed by atoms with Crippen LogP contribution in [0.1, 0.15) is 43.6 Å². The molecular weight excluding hydrogens is 295 g/mol. The van der Waals surface area contributed by atoms with E-state index in [9.17, 15) is 9.18 Å². The summed E-state index contributed by atoms with van der Waals surface area (Å²) in [7, 11) is 0. The first-order valence-corrected chi connectivity index (χ1v) is 8.65. The number of hydrogen-bond donors (Lipinski definition) is 2. The van der Waals surface area contributed by atoms with Gasteiger partial charge < -0.3 is 15.4 Å². The molecule has 2 N–H and O–H groups in total. The van der Waals surface area contributed by atoms with Crippen LogP contribution in [-0.4, -0.2) is 30.8 Å². The molecule has 1 saturated heterocycles. The molecule has 2 saturated carbocycles. The largest absolute Gasteiger partial charge is 0.378 e. The number of benzene rings is 1. The Hall–Kier alpha value is -1.62. The topological polar surface area (TPSA) is 50.4 Å². The van der Waals surface area contributed by atoms with Crippen LogP contribution in [0.25, 0.3) is 0 Å². The molecule has 5 atom stereocenters. The highest BCUT2D eigenvalue weighted by Crippen LogP contribution is 2.41. The van der Waals surface area contributed by atoms with E-state index in [1.165, 1.54) is 6.07 Å². The van der Waals surface area contributed by atoms with Gasteiger partial charge in [-0.15, -0.1) is 0 Å². The van der Waals surface area contributed by atoms with Crippen molar-refractivity contribution in [2.45, 2.75) is 56.2 Å². The van der Waals surface area contributed by atoms with Gasteiger partial charge in [0.05, 0.1) is 6.10 Å². The van der Waals surface area contributed by atoms with Crippen molar-refractivity contribution in [3.05, 3.63) is 35.6 Å². The van der Waals surface area contributed by atoms with Gasteiger partial charge in [0.2, 0.25) is 0 Å². The zero-order valence-corrected chi connectivity index (χ0v) is 13.1. The molecule has 23 heavy (non-hydrogen) atoms. The molecule has 2 amide bonds. The van der Waals surface area contributed by atoms with Gasteiger partial charge in [-0.3, -0.25) is 0 Å². The summed E-state index contributed by atoms with van der Waals surface area (Å²) in [5.41, 5.74) is 0.970. The summed E-state index contributed by atoms with van der Waals surface area (Å²) in [6.45, 7) is 0.819. The van der Waals surface area contributed by atoms with Crippen molar-refractivity contribution in [2.24, 2.45) is 5.92 Å². The Labute approximate surface area is 135 Å². The lowest BCUT2D eigenvalue weighted by molar-refractivity contribution is 0.0549. The highest BCUT2D eigenvalue weighted by atomic mass is 19.1. The van der Waals surface area contributed by atoms with Gasteiger partial charge in [-0.2, -0.15) is 0 Å². The van der Waals surface area contributed by atoms with E-state index in [1.807, 2.05) is 6.07 Å². The van der Waals surface area contributed by atoms with Crippen LogP contribution in [0, 0.1) is 11.7 Å². The fourth-order valence-electron chi connectivity index (χ4n) is 4.19. The van der Waals surface area contributed by atoms with E-state index in [-0.39, 0.29) is 29.8 Å². The fourth-order valence-corrected chi connectivity index (χ4v) is 4.19. The molecule has 1 aromatic rings. The number of carbonyl (C=O) groups excluding carboxylic acids is 1. The van der Waals surface area contributed by atoms with E-state index in [4.69, 9.17) is 4.74 Å². The number of hydrogen-bond acceptors (Lipinski definition) is 2. The van der Waals surface area contributed by atoms with Crippen LogP contribution in [0.15, 0.2) is 24.3 Å². The summed E-state index contributed by atoms with van der Waals surface area (Å²) in [5, 5.41) is 6.18. The van der Waals surface area contributed by atoms with Crippen LogP contribution in [0.2, 0.25) is 0 Å². The Morgan fingerprint density at radius 3 is 2.91 bits per heavy atom. The average molecular weight is 318 g/mol. The van der Waals surface area contributed by atoms with Gasteiger partial charge in [0.1, 0.15) is 5.82 Å². The first-order valence-electron chi connectivity index (χ1n) is 8.65. The summed E-state index contributed by atoms with van der Waals surface area (Å²) in [6, 6.07) is 6.91. The number of amides is 2. The van der Waals surface area contributed by atoms with Gasteiger partial charge >= 0.3 is 6.03 Å². The number of ether oxygens (including phenoxy) is 1. The number of carbonyl (C=O) groups is 1. The minimum Gasteiger partial charge on any atom is -0.378 e. The fraction of sp³-hybridized carbons (Fsp3) is 0.611. The van der Waals surface area contributed by atoms with Crippen molar-refractivity contribution in [2.75, 3.05) is 6.61 Å². The number of halogens is 1. The minimum atomic E-state index is -0.216. The molecule has 1 aliphatic heterocycles. The zero-order chi connectivity index (χ0) is 15.8. The Morgan fingerprint density at radius 1 is 1.17 bits per heavy atom. The lowest BCUT2D eigenvalue weighted by Crippen LogP contribution is -2.49. The number of rotatable bonds is 3. The van der Waals surface area contributed by atoms with Crippen LogP contribution in [0.4, 0.5) is 9.18 Å². The second-order valence-electron chi connectivity index (χ2n) is 7.02. The third-order valence-electron chi connectivity index (χ3n) is 5.48. The molecule has 5 heteroatoms. The summed E-state index contributed by atoms with van der Waals surface area (Å²) in [6.07, 6.45) is 5.53. The van der Waals surface area contributed by atoms with Crippen LogP contribution >= 0.6 is 0 Å². The Morgan fingerprint density at radius 2 is 2.04 bits per heavy atom. The van der Waals surface area contributed by atoms with Crippen LogP contribution < -0.4 is 10.6 Å². The van der Waals surface area contributed by atoms with E-state index in [1.54, 1.807) is 12.1 Å². The summed E-state index contributed by atoms with van der Waals surface area (Å²) < 4.78 is 19.0. The molecule has 0 aromatic heterocycles. The summed E-state index contributed by atoms with van der Waals surface area (Å²) >= 11 is 0. The molecule has 3 fully saturated rings. The van der Waals surface area contributed by atoms with Gasteiger partial charge in [0.15, 0.2) is 0 Å². The molecule has 2 aliphatic carbocycles. The van der Waals surface area contributed by atoms with Crippen LogP contribution in [-0.2, 0) is 4.74 Å². The monoisotopic (exact) mass is 318 g/mol. The van der Waals surface area contributed by atoms with Gasteiger partial charge in [0.25, 0.3) is 0 Å². The molecule has 4 rings (SSSR count). The van der Waals surface area contributed by atoms with Crippen LogP contribution in [0.5, 0.6) is 0 Å². The molecule has 124 valence electrons. The van der Waals surface area contributed by atoms with E-state index in [0.29, 0.717) is 12.0 Å². The van der Waals surface area contributed by atoms with Gasteiger partial charge in [-0.25, -0.2) is 9.18 Å². The highest BCUT2D eigenvalue weighted by molar-refractivity contribution is 5.75. The second kappa shape index (κ2) is 6.11. The van der Waals surface area contributed by atoms with Crippen molar-refractivity contribution < 1.29 is 13.9 Å². The third kappa shape index (κ3) is 3.20. The summed E-state index contributed by atoms with van der Waals surface area (Å²) in [5.74, 6) is 0.491. The molecular formula is C18H23FN2O2. The highest BCUT2D eigenvalue weighted by Gasteiger charge is 2.41. The van der Waals surface area contributed by atoms with Crippen molar-refractivity contribution in [1.29, 1.82) is 0 Å². The number of fused-ring (bicyclic) bond motifs is 1. The Bertz CT molecular complexity index is 594. The standard InChI is InChI=1S/C18H23FN2O2/c19-12-4-1-3-11(9-12)14-10-16(14)21-18(22)20-15-5-2-6-17-13(15)7-8-23-17/h1,3-4,9,13-17H,2,5-8,10H2,(H2,20,21,22)/t13-,14+,15+,16+,17+/m0/s1. The minimum absolute atomic E-state index is 0.0912. The summed E-state index contributed by atoms with van der Waals surface area (Å²) in [4.78, 5) is 12.3. The van der Waals surface area contributed by atoms with Gasteiger partial charge in [-0.05, 0) is 49.8 Å². The SMILES string of the molecule is O=C(N[C@@H]1CCC[C@H]2OCC[C@@H]12)N[C@@H]1C[C@@H]1c1cccc(F)c1. The van der Waals surface area contributed by atoms with Crippen molar-refractivity contribution in [3.63, 3.8) is 0 Å². The van der Waals surface area contributed by atoms with Crippen molar-refractivity contribution in [3.8, 4) is 0 Å². The second-order valence-corrected chi connectivity index (χ2v) is 7.02. The molecule has 0 bridgehead atoms. The predicted octanol–water partition coefficient (Wildman–Crippen LogP) is 2.94. The molecule has 3 aliphatic rings. The predicted molar refractivity (Wildman–Crippen MR) is 84.7 cm³/mol.